The number of benzene rings is 1. The highest BCUT2D eigenvalue weighted by Crippen LogP contribution is 2.11. The van der Waals surface area contributed by atoms with Gasteiger partial charge in [0.1, 0.15) is 0 Å². The van der Waals surface area contributed by atoms with Gasteiger partial charge in [-0.15, -0.1) is 0 Å². The third-order valence-corrected chi connectivity index (χ3v) is 2.19. The minimum atomic E-state index is 0.908. The van der Waals surface area contributed by atoms with Crippen LogP contribution in [-0.2, 0) is 6.54 Å². The van der Waals surface area contributed by atoms with E-state index in [4.69, 9.17) is 0 Å². The minimum absolute atomic E-state index is 0.908. The molecule has 0 fully saturated rings. The van der Waals surface area contributed by atoms with Gasteiger partial charge in [0, 0.05) is 13.6 Å². The van der Waals surface area contributed by atoms with Crippen LogP contribution in [0.4, 0.5) is 0 Å². The summed E-state index contributed by atoms with van der Waals surface area (Å²) in [5.74, 6) is 0. The van der Waals surface area contributed by atoms with Crippen molar-refractivity contribution in [2.75, 3.05) is 14.1 Å². The normalized spacial score (nSPS) is 9.74. The van der Waals surface area contributed by atoms with E-state index in [1.807, 2.05) is 54.8 Å². The third-order valence-electron chi connectivity index (χ3n) is 2.19. The molecule has 0 aliphatic heterocycles. The molecule has 0 bridgehead atoms. The molecule has 3 nitrogen and oxygen atoms in total. The first kappa shape index (κ1) is 20.0. The Labute approximate surface area is 119 Å². The van der Waals surface area contributed by atoms with E-state index < -0.39 is 0 Å². The summed E-state index contributed by atoms with van der Waals surface area (Å²) >= 11 is 0. The highest BCUT2D eigenvalue weighted by molar-refractivity contribution is 5.63. The van der Waals surface area contributed by atoms with E-state index >= 15 is 0 Å². The van der Waals surface area contributed by atoms with Crippen LogP contribution in [-0.4, -0.2) is 14.1 Å². The molecule has 0 spiro atoms. The van der Waals surface area contributed by atoms with Crippen LogP contribution in [0.15, 0.2) is 30.3 Å². The molecule has 1 aromatic carbocycles. The maximum Gasteiger partial charge on any atom is 0.0517 e. The standard InChI is InChI=1S/C12H19N3.2C2H6/c1-4-12(15-14-3)11-7-5-10(6-8-11)9-13-2;2*1-2/h4-8,13-15H,9H2,1-3H3;2*1-2H3/b12-4-;;. The Morgan fingerprint density at radius 1 is 1.00 bits per heavy atom. The fourth-order valence-electron chi connectivity index (χ4n) is 1.45. The van der Waals surface area contributed by atoms with Crippen LogP contribution in [0.25, 0.3) is 5.70 Å². The Bertz CT molecular complexity index is 315. The van der Waals surface area contributed by atoms with E-state index in [1.165, 1.54) is 11.1 Å². The van der Waals surface area contributed by atoms with Crippen molar-refractivity contribution in [2.45, 2.75) is 41.2 Å². The molecule has 3 N–H and O–H groups in total. The molecule has 0 aliphatic rings. The highest BCUT2D eigenvalue weighted by atomic mass is 15.3. The lowest BCUT2D eigenvalue weighted by molar-refractivity contribution is 0.747. The predicted octanol–water partition coefficient (Wildman–Crippen LogP) is 3.54. The number of hydrogen-bond acceptors (Lipinski definition) is 3. The molecule has 19 heavy (non-hydrogen) atoms. The molecule has 1 aromatic rings. The van der Waals surface area contributed by atoms with E-state index in [0.717, 1.165) is 12.2 Å². The Morgan fingerprint density at radius 2 is 1.53 bits per heavy atom. The van der Waals surface area contributed by atoms with Crippen LogP contribution >= 0.6 is 0 Å². The van der Waals surface area contributed by atoms with E-state index in [2.05, 4.69) is 40.4 Å². The summed E-state index contributed by atoms with van der Waals surface area (Å²) in [6.45, 7) is 10.9. The van der Waals surface area contributed by atoms with Gasteiger partial charge >= 0.3 is 0 Å². The molecule has 0 unspecified atom stereocenters. The number of hydrazine groups is 1. The molecule has 3 heteroatoms. The van der Waals surface area contributed by atoms with Crippen molar-refractivity contribution in [3.05, 3.63) is 41.5 Å². The number of hydrogen-bond donors (Lipinski definition) is 3. The lowest BCUT2D eigenvalue weighted by Crippen LogP contribution is -2.25. The average molecular weight is 265 g/mol. The van der Waals surface area contributed by atoms with Crippen molar-refractivity contribution in [2.24, 2.45) is 0 Å². The zero-order valence-electron chi connectivity index (χ0n) is 13.6. The largest absolute Gasteiger partial charge is 0.321 e. The highest BCUT2D eigenvalue weighted by Gasteiger charge is 1.98. The number of rotatable bonds is 5. The Morgan fingerprint density at radius 3 is 1.89 bits per heavy atom. The molecule has 0 aromatic heterocycles. The van der Waals surface area contributed by atoms with E-state index in [-0.39, 0.29) is 0 Å². The van der Waals surface area contributed by atoms with Crippen LogP contribution in [0.5, 0.6) is 0 Å². The van der Waals surface area contributed by atoms with Gasteiger partial charge in [-0.1, -0.05) is 58.0 Å². The Balaban J connectivity index is 0. The maximum absolute atomic E-state index is 3.13. The molecule has 1 rings (SSSR count). The SMILES string of the molecule is C/C=C(\NNC)c1ccc(CNC)cc1.CC.CC. The second-order valence-electron chi connectivity index (χ2n) is 3.30. The molecule has 0 aliphatic carbocycles. The second kappa shape index (κ2) is 14.7. The summed E-state index contributed by atoms with van der Waals surface area (Å²) in [6, 6.07) is 8.50. The van der Waals surface area contributed by atoms with Gasteiger partial charge in [0.15, 0.2) is 0 Å². The van der Waals surface area contributed by atoms with E-state index in [0.29, 0.717) is 0 Å². The first-order chi connectivity index (χ1) is 9.31. The monoisotopic (exact) mass is 265 g/mol. The fraction of sp³-hybridized carbons (Fsp3) is 0.500. The van der Waals surface area contributed by atoms with Crippen LogP contribution in [0.1, 0.15) is 45.7 Å². The minimum Gasteiger partial charge on any atom is -0.321 e. The van der Waals surface area contributed by atoms with Crippen molar-refractivity contribution >= 4 is 5.70 Å². The quantitative estimate of drug-likeness (QED) is 0.713. The van der Waals surface area contributed by atoms with E-state index in [9.17, 15) is 0 Å². The molecular formula is C16H31N3. The van der Waals surface area contributed by atoms with Crippen molar-refractivity contribution in [1.29, 1.82) is 0 Å². The molecule has 0 saturated carbocycles. The Hall–Kier alpha value is -1.32. The molecule has 0 radical (unpaired) electrons. The fourth-order valence-corrected chi connectivity index (χ4v) is 1.45. The van der Waals surface area contributed by atoms with Gasteiger partial charge in [-0.3, -0.25) is 0 Å². The van der Waals surface area contributed by atoms with Crippen molar-refractivity contribution in [3.63, 3.8) is 0 Å². The van der Waals surface area contributed by atoms with E-state index in [1.54, 1.807) is 0 Å². The summed E-state index contributed by atoms with van der Waals surface area (Å²) in [7, 11) is 3.81. The first-order valence-corrected chi connectivity index (χ1v) is 7.14. The smallest absolute Gasteiger partial charge is 0.0517 e. The van der Waals surface area contributed by atoms with Gasteiger partial charge in [0.05, 0.1) is 5.70 Å². The van der Waals surface area contributed by atoms with Crippen molar-refractivity contribution < 1.29 is 0 Å². The molecule has 110 valence electrons. The third kappa shape index (κ3) is 8.41. The van der Waals surface area contributed by atoms with Gasteiger partial charge in [-0.05, 0) is 25.1 Å². The van der Waals surface area contributed by atoms with Crippen LogP contribution in [0.2, 0.25) is 0 Å². The topological polar surface area (TPSA) is 36.1 Å². The summed E-state index contributed by atoms with van der Waals surface area (Å²) in [6.07, 6.45) is 2.05. The average Bonchev–Trinajstić information content (AvgIpc) is 2.50. The van der Waals surface area contributed by atoms with Gasteiger partial charge in [0.2, 0.25) is 0 Å². The molecule has 0 atom stereocenters. The first-order valence-electron chi connectivity index (χ1n) is 7.14. The van der Waals surface area contributed by atoms with Gasteiger partial charge in [0.25, 0.3) is 0 Å². The van der Waals surface area contributed by atoms with Crippen LogP contribution < -0.4 is 16.2 Å². The van der Waals surface area contributed by atoms with Gasteiger partial charge < -0.3 is 10.7 Å². The Kier molecular flexibility index (Phi) is 15.5. The lowest BCUT2D eigenvalue weighted by Gasteiger charge is -2.10. The summed E-state index contributed by atoms with van der Waals surface area (Å²) in [4.78, 5) is 0. The maximum atomic E-state index is 3.13. The zero-order chi connectivity index (χ0) is 15.1. The molecular weight excluding hydrogens is 234 g/mol. The number of nitrogens with one attached hydrogen (secondary N) is 3. The van der Waals surface area contributed by atoms with Gasteiger partial charge in [-0.2, -0.15) is 0 Å². The molecule has 0 saturated heterocycles. The van der Waals surface area contributed by atoms with Gasteiger partial charge in [-0.25, -0.2) is 5.43 Å². The van der Waals surface area contributed by atoms with Crippen molar-refractivity contribution in [3.8, 4) is 0 Å². The molecule has 0 heterocycles. The summed E-state index contributed by atoms with van der Waals surface area (Å²) in [5.41, 5.74) is 9.59. The number of allylic oxidation sites excluding steroid dienone is 1. The molecule has 0 amide bonds. The van der Waals surface area contributed by atoms with Crippen LogP contribution in [0, 0.1) is 0 Å². The van der Waals surface area contributed by atoms with Crippen LogP contribution in [0.3, 0.4) is 0 Å². The van der Waals surface area contributed by atoms with Crippen molar-refractivity contribution in [1.82, 2.24) is 16.2 Å². The lowest BCUT2D eigenvalue weighted by atomic mass is 10.1. The summed E-state index contributed by atoms with van der Waals surface area (Å²) in [5, 5.41) is 3.13. The predicted molar refractivity (Wildman–Crippen MR) is 87.7 cm³/mol. The zero-order valence-corrected chi connectivity index (χ0v) is 13.6. The summed E-state index contributed by atoms with van der Waals surface area (Å²) < 4.78 is 0. The second-order valence-corrected chi connectivity index (χ2v) is 3.30.